The van der Waals surface area contributed by atoms with E-state index in [1.165, 1.54) is 0 Å². The van der Waals surface area contributed by atoms with Gasteiger partial charge in [0.05, 0.1) is 11.4 Å². The fourth-order valence-corrected chi connectivity index (χ4v) is 4.45. The molecule has 0 fully saturated rings. The van der Waals surface area contributed by atoms with Crippen LogP contribution in [-0.2, 0) is 11.3 Å². The molecule has 1 amide bonds. The van der Waals surface area contributed by atoms with Crippen molar-refractivity contribution in [2.24, 2.45) is 0 Å². The van der Waals surface area contributed by atoms with E-state index in [0.717, 1.165) is 45.2 Å². The Morgan fingerprint density at radius 2 is 1.90 bits per heavy atom. The van der Waals surface area contributed by atoms with E-state index in [-0.39, 0.29) is 12.5 Å². The predicted molar refractivity (Wildman–Crippen MR) is 116 cm³/mol. The minimum Gasteiger partial charge on any atom is -0.483 e. The van der Waals surface area contributed by atoms with Crippen LogP contribution in [0.4, 0.5) is 5.69 Å². The first-order valence-corrected chi connectivity index (χ1v) is 10.5. The number of nitrogens with one attached hydrogen (secondary N) is 1. The summed E-state index contributed by atoms with van der Waals surface area (Å²) in [5.74, 6) is 1.56. The summed E-state index contributed by atoms with van der Waals surface area (Å²) in [6.07, 6.45) is 2.05. The lowest BCUT2D eigenvalue weighted by molar-refractivity contribution is -0.118. The molecule has 144 valence electrons. The summed E-state index contributed by atoms with van der Waals surface area (Å²) >= 11 is 1.75. The van der Waals surface area contributed by atoms with Crippen molar-refractivity contribution >= 4 is 34.1 Å². The first-order chi connectivity index (χ1) is 14.3. The number of carbonyl (C=O) groups is 1. The van der Waals surface area contributed by atoms with Gasteiger partial charge in [-0.1, -0.05) is 66.4 Å². The van der Waals surface area contributed by atoms with Crippen LogP contribution in [0.25, 0.3) is 22.0 Å². The highest BCUT2D eigenvalue weighted by Gasteiger charge is 2.17. The fraction of sp³-hybridized carbons (Fsp3) is 0.130. The normalized spacial score (nSPS) is 12.7. The SMILES string of the molecule is O=C(COc1cccc2ccccc12)Nc1ccccc1-c1cn2c(n1)SCC2. The number of thioether (sulfide) groups is 1. The van der Waals surface area contributed by atoms with Crippen molar-refractivity contribution in [3.63, 3.8) is 0 Å². The molecule has 0 bridgehead atoms. The summed E-state index contributed by atoms with van der Waals surface area (Å²) in [6, 6.07) is 21.5. The van der Waals surface area contributed by atoms with Crippen LogP contribution >= 0.6 is 11.8 Å². The summed E-state index contributed by atoms with van der Waals surface area (Å²) in [5.41, 5.74) is 2.52. The number of imidazole rings is 1. The average Bonchev–Trinajstić information content (AvgIpc) is 3.35. The predicted octanol–water partition coefficient (Wildman–Crippen LogP) is 4.83. The Morgan fingerprint density at radius 1 is 1.07 bits per heavy atom. The highest BCUT2D eigenvalue weighted by atomic mass is 32.2. The van der Waals surface area contributed by atoms with E-state index in [9.17, 15) is 4.79 Å². The molecule has 5 nitrogen and oxygen atoms in total. The summed E-state index contributed by atoms with van der Waals surface area (Å²) in [5, 5.41) is 6.08. The Morgan fingerprint density at radius 3 is 2.83 bits per heavy atom. The number of rotatable bonds is 5. The average molecular weight is 401 g/mol. The lowest BCUT2D eigenvalue weighted by Gasteiger charge is -2.12. The minimum absolute atomic E-state index is 0.0577. The molecule has 1 aliphatic heterocycles. The monoisotopic (exact) mass is 401 g/mol. The van der Waals surface area contributed by atoms with E-state index in [1.54, 1.807) is 11.8 Å². The van der Waals surface area contributed by atoms with Crippen LogP contribution in [0.15, 0.2) is 78.1 Å². The molecular formula is C23H19N3O2S. The zero-order chi connectivity index (χ0) is 19.6. The van der Waals surface area contributed by atoms with Gasteiger partial charge < -0.3 is 14.6 Å². The van der Waals surface area contributed by atoms with Crippen molar-refractivity contribution in [2.75, 3.05) is 17.7 Å². The van der Waals surface area contributed by atoms with Crippen LogP contribution in [0, 0.1) is 0 Å². The maximum absolute atomic E-state index is 12.6. The molecule has 0 spiro atoms. The number of aryl methyl sites for hydroxylation is 1. The summed E-state index contributed by atoms with van der Waals surface area (Å²) in [4.78, 5) is 17.3. The van der Waals surface area contributed by atoms with Gasteiger partial charge in [0.25, 0.3) is 5.91 Å². The Hall–Kier alpha value is -3.25. The maximum Gasteiger partial charge on any atom is 0.262 e. The zero-order valence-corrected chi connectivity index (χ0v) is 16.5. The van der Waals surface area contributed by atoms with E-state index in [0.29, 0.717) is 5.75 Å². The van der Waals surface area contributed by atoms with Crippen molar-refractivity contribution < 1.29 is 9.53 Å². The minimum atomic E-state index is -0.202. The van der Waals surface area contributed by atoms with Crippen LogP contribution in [0.3, 0.4) is 0 Å². The smallest absolute Gasteiger partial charge is 0.262 e. The number of anilines is 1. The third-order valence-electron chi connectivity index (χ3n) is 4.89. The van der Waals surface area contributed by atoms with Gasteiger partial charge in [-0.3, -0.25) is 4.79 Å². The van der Waals surface area contributed by atoms with Crippen molar-refractivity contribution in [2.45, 2.75) is 11.7 Å². The fourth-order valence-electron chi connectivity index (χ4n) is 3.51. The summed E-state index contributed by atoms with van der Waals surface area (Å²) in [6.45, 7) is 0.915. The number of hydrogen-bond acceptors (Lipinski definition) is 4. The number of aromatic nitrogens is 2. The molecule has 5 rings (SSSR count). The van der Waals surface area contributed by atoms with E-state index < -0.39 is 0 Å². The van der Waals surface area contributed by atoms with Crippen LogP contribution in [-0.4, -0.2) is 27.8 Å². The molecule has 3 aromatic carbocycles. The van der Waals surface area contributed by atoms with E-state index >= 15 is 0 Å². The standard InChI is InChI=1S/C23H19N3O2S/c27-22(15-28-21-11-5-7-16-6-1-2-8-17(16)21)24-19-10-4-3-9-18(19)20-14-26-12-13-29-23(26)25-20/h1-11,14H,12-13,15H2,(H,24,27). The second-order valence-electron chi connectivity index (χ2n) is 6.81. The largest absolute Gasteiger partial charge is 0.483 e. The quantitative estimate of drug-likeness (QED) is 0.521. The lowest BCUT2D eigenvalue weighted by Crippen LogP contribution is -2.20. The number of amides is 1. The number of para-hydroxylation sites is 1. The second-order valence-corrected chi connectivity index (χ2v) is 7.87. The maximum atomic E-state index is 12.6. The van der Waals surface area contributed by atoms with E-state index in [4.69, 9.17) is 9.72 Å². The first kappa shape index (κ1) is 17.8. The lowest BCUT2D eigenvalue weighted by atomic mass is 10.1. The molecule has 1 N–H and O–H groups in total. The number of ether oxygens (including phenoxy) is 1. The Balaban J connectivity index is 1.32. The summed E-state index contributed by atoms with van der Waals surface area (Å²) in [7, 11) is 0. The molecule has 0 atom stereocenters. The van der Waals surface area contributed by atoms with E-state index in [2.05, 4.69) is 9.88 Å². The number of fused-ring (bicyclic) bond motifs is 2. The first-order valence-electron chi connectivity index (χ1n) is 9.48. The molecule has 0 saturated carbocycles. The van der Waals surface area contributed by atoms with Gasteiger partial charge in [0.1, 0.15) is 5.75 Å². The van der Waals surface area contributed by atoms with Gasteiger partial charge in [-0.2, -0.15) is 0 Å². The summed E-state index contributed by atoms with van der Waals surface area (Å²) < 4.78 is 7.97. The number of hydrogen-bond donors (Lipinski definition) is 1. The molecule has 1 aliphatic rings. The third kappa shape index (κ3) is 3.59. The van der Waals surface area contributed by atoms with Gasteiger partial charge in [-0.15, -0.1) is 0 Å². The van der Waals surface area contributed by atoms with Crippen LogP contribution in [0.1, 0.15) is 0 Å². The van der Waals surface area contributed by atoms with Crippen molar-refractivity contribution in [1.29, 1.82) is 0 Å². The van der Waals surface area contributed by atoms with Gasteiger partial charge in [0.15, 0.2) is 11.8 Å². The molecule has 1 aromatic heterocycles. The van der Waals surface area contributed by atoms with Crippen LogP contribution < -0.4 is 10.1 Å². The second kappa shape index (κ2) is 7.64. The Kier molecular flexibility index (Phi) is 4.69. The molecule has 2 heterocycles. The van der Waals surface area contributed by atoms with Gasteiger partial charge in [-0.25, -0.2) is 4.98 Å². The van der Waals surface area contributed by atoms with Gasteiger partial charge in [0, 0.05) is 29.4 Å². The van der Waals surface area contributed by atoms with Gasteiger partial charge in [-0.05, 0) is 17.5 Å². The molecule has 29 heavy (non-hydrogen) atoms. The Labute approximate surface area is 172 Å². The molecule has 6 heteroatoms. The topological polar surface area (TPSA) is 56.1 Å². The molecule has 0 saturated heterocycles. The van der Waals surface area contributed by atoms with E-state index in [1.807, 2.05) is 72.9 Å². The highest BCUT2D eigenvalue weighted by molar-refractivity contribution is 7.99. The number of benzene rings is 3. The van der Waals surface area contributed by atoms with Crippen molar-refractivity contribution in [1.82, 2.24) is 9.55 Å². The Bertz CT molecular complexity index is 1170. The molecule has 0 unspecified atom stereocenters. The molecule has 4 aromatic rings. The number of nitrogens with zero attached hydrogens (tertiary/aromatic N) is 2. The molecule has 0 aliphatic carbocycles. The van der Waals surface area contributed by atoms with Crippen molar-refractivity contribution in [3.05, 3.63) is 72.9 Å². The zero-order valence-electron chi connectivity index (χ0n) is 15.7. The molecule has 0 radical (unpaired) electrons. The van der Waals surface area contributed by atoms with Gasteiger partial charge in [0.2, 0.25) is 0 Å². The van der Waals surface area contributed by atoms with Crippen LogP contribution in [0.2, 0.25) is 0 Å². The molecular weight excluding hydrogens is 382 g/mol. The van der Waals surface area contributed by atoms with Gasteiger partial charge >= 0.3 is 0 Å². The van der Waals surface area contributed by atoms with Crippen LogP contribution in [0.5, 0.6) is 5.75 Å². The third-order valence-corrected chi connectivity index (χ3v) is 5.86. The van der Waals surface area contributed by atoms with Crippen molar-refractivity contribution in [3.8, 4) is 17.0 Å². The highest BCUT2D eigenvalue weighted by Crippen LogP contribution is 2.32. The number of carbonyl (C=O) groups excluding carboxylic acids is 1.